The fourth-order valence-electron chi connectivity index (χ4n) is 7.62. The molecule has 2 N–H and O–H groups in total. The lowest BCUT2D eigenvalue weighted by Crippen LogP contribution is -2.47. The number of Topliss-reactive ketones (excluding diaryl/α,β-unsaturated/α-hetero) is 2. The minimum absolute atomic E-state index is 0.0900. The summed E-state index contributed by atoms with van der Waals surface area (Å²) in [4.78, 5) is 78.9. The van der Waals surface area contributed by atoms with Crippen LogP contribution in [0.1, 0.15) is 93.6 Å². The molecule has 2 aromatic carbocycles. The Balaban J connectivity index is 0.938. The van der Waals surface area contributed by atoms with Crippen molar-refractivity contribution in [2.75, 3.05) is 34.4 Å². The molecule has 3 heterocycles. The van der Waals surface area contributed by atoms with Crippen LogP contribution in [0.4, 0.5) is 0 Å². The summed E-state index contributed by atoms with van der Waals surface area (Å²) < 4.78 is 13.7. The van der Waals surface area contributed by atoms with E-state index in [4.69, 9.17) is 9.47 Å². The van der Waals surface area contributed by atoms with Crippen molar-refractivity contribution in [3.63, 3.8) is 0 Å². The average molecular weight is 750 g/mol. The van der Waals surface area contributed by atoms with Crippen LogP contribution >= 0.6 is 0 Å². The summed E-state index contributed by atoms with van der Waals surface area (Å²) in [5.74, 6) is -0.677. The first-order chi connectivity index (χ1) is 26.4. The molecule has 4 amide bonds. The van der Waals surface area contributed by atoms with Crippen molar-refractivity contribution in [1.29, 1.82) is 0 Å². The van der Waals surface area contributed by atoms with Crippen molar-refractivity contribution in [2.45, 2.75) is 63.8 Å². The number of rotatable bonds is 15. The molecular weight excluding hydrogens is 702 g/mol. The molecule has 1 saturated carbocycles. The van der Waals surface area contributed by atoms with E-state index in [-0.39, 0.29) is 60.8 Å². The molecule has 1 unspecified atom stereocenters. The summed E-state index contributed by atoms with van der Waals surface area (Å²) in [6.45, 7) is 4.98. The number of carbonyl (C=O) groups is 6. The van der Waals surface area contributed by atoms with Crippen molar-refractivity contribution in [3.05, 3.63) is 94.4 Å². The molecule has 1 atom stereocenters. The number of benzene rings is 2. The van der Waals surface area contributed by atoms with E-state index in [1.54, 1.807) is 32.4 Å². The van der Waals surface area contributed by atoms with Gasteiger partial charge in [0.15, 0.2) is 5.78 Å². The van der Waals surface area contributed by atoms with E-state index < -0.39 is 23.6 Å². The highest BCUT2D eigenvalue weighted by Crippen LogP contribution is 2.41. The first kappa shape index (κ1) is 38.7. The number of nitrogens with zero attached hydrogens (tertiary/aromatic N) is 3. The molecule has 0 saturated heterocycles. The Labute approximate surface area is 320 Å². The smallest absolute Gasteiger partial charge is 0.262 e. The Kier molecular flexibility index (Phi) is 11.7. The van der Waals surface area contributed by atoms with Crippen LogP contribution in [0.25, 0.3) is 11.3 Å². The number of hydrogen-bond acceptors (Lipinski definition) is 9. The quantitative estimate of drug-likeness (QED) is 0.132. The maximum atomic E-state index is 13.3. The van der Waals surface area contributed by atoms with E-state index in [2.05, 4.69) is 34.0 Å². The zero-order chi connectivity index (χ0) is 39.4. The summed E-state index contributed by atoms with van der Waals surface area (Å²) in [6.07, 6.45) is 6.38. The maximum Gasteiger partial charge on any atom is 0.262 e. The lowest BCUT2D eigenvalue weighted by atomic mass is 9.92. The number of methoxy groups -OCH3 is 2. The number of fused-ring (bicyclic) bond motifs is 2. The second-order valence-corrected chi connectivity index (χ2v) is 14.1. The summed E-state index contributed by atoms with van der Waals surface area (Å²) in [5.41, 5.74) is 6.87. The SMILES string of the molecule is C=C1c2c(ccn2C)C(c2cc(OC)c(CCCC(=O)NCCCNC(=O)CCc3cccc4c3C(=O)N(C3CCC(=O)CC3=O)C4=O)c(OC)c2)=CN1C. The molecule has 1 aliphatic carbocycles. The average Bonchev–Trinajstić information content (AvgIpc) is 3.68. The Hall–Kier alpha value is -5.98. The third-order valence-corrected chi connectivity index (χ3v) is 10.5. The lowest BCUT2D eigenvalue weighted by Gasteiger charge is -2.27. The van der Waals surface area contributed by atoms with Crippen molar-refractivity contribution in [2.24, 2.45) is 7.05 Å². The molecule has 0 radical (unpaired) electrons. The first-order valence-corrected chi connectivity index (χ1v) is 18.6. The maximum absolute atomic E-state index is 13.3. The summed E-state index contributed by atoms with van der Waals surface area (Å²) in [6, 6.07) is 10.0. The summed E-state index contributed by atoms with van der Waals surface area (Å²) in [7, 11) is 7.23. The number of hydrogen-bond donors (Lipinski definition) is 2. The van der Waals surface area contributed by atoms with Crippen molar-refractivity contribution in [3.8, 4) is 11.5 Å². The second-order valence-electron chi connectivity index (χ2n) is 14.1. The normalized spacial score (nSPS) is 16.5. The number of nitrogens with one attached hydrogen (secondary N) is 2. The molecular formula is C42H47N5O8. The molecule has 0 spiro atoms. The van der Waals surface area contributed by atoms with Gasteiger partial charge in [0, 0.05) is 75.5 Å². The molecule has 0 bridgehead atoms. The van der Waals surface area contributed by atoms with Crippen molar-refractivity contribution in [1.82, 2.24) is 25.0 Å². The van der Waals surface area contributed by atoms with Gasteiger partial charge in [-0.25, -0.2) is 0 Å². The minimum Gasteiger partial charge on any atom is -0.496 e. The van der Waals surface area contributed by atoms with Crippen LogP contribution in [0.15, 0.2) is 55.4 Å². The second kappa shape index (κ2) is 16.6. The molecule has 3 aliphatic rings. The van der Waals surface area contributed by atoms with Crippen LogP contribution in [-0.2, 0) is 39.1 Å². The highest BCUT2D eigenvalue weighted by atomic mass is 16.5. The van der Waals surface area contributed by atoms with Gasteiger partial charge in [0.05, 0.1) is 49.2 Å². The van der Waals surface area contributed by atoms with Gasteiger partial charge in [0.1, 0.15) is 17.3 Å². The number of aryl methyl sites for hydroxylation is 2. The number of imide groups is 1. The number of carbonyl (C=O) groups excluding carboxylic acids is 6. The zero-order valence-electron chi connectivity index (χ0n) is 31.8. The van der Waals surface area contributed by atoms with Crippen molar-refractivity contribution < 1.29 is 38.2 Å². The van der Waals surface area contributed by atoms with Gasteiger partial charge in [-0.3, -0.25) is 33.7 Å². The molecule has 6 rings (SSSR count). The van der Waals surface area contributed by atoms with Crippen LogP contribution in [0.3, 0.4) is 0 Å². The predicted molar refractivity (Wildman–Crippen MR) is 205 cm³/mol. The lowest BCUT2D eigenvalue weighted by molar-refractivity contribution is -0.132. The number of amides is 4. The Morgan fingerprint density at radius 3 is 2.24 bits per heavy atom. The predicted octanol–water partition coefficient (Wildman–Crippen LogP) is 4.21. The number of ether oxygens (including phenoxy) is 2. The molecule has 288 valence electrons. The number of ketones is 2. The molecule has 2 aliphatic heterocycles. The Bertz CT molecular complexity index is 2090. The van der Waals surface area contributed by atoms with E-state index in [0.29, 0.717) is 55.8 Å². The Morgan fingerprint density at radius 1 is 0.873 bits per heavy atom. The molecule has 1 aromatic heterocycles. The highest BCUT2D eigenvalue weighted by Gasteiger charge is 2.45. The summed E-state index contributed by atoms with van der Waals surface area (Å²) >= 11 is 0. The van der Waals surface area contributed by atoms with Crippen molar-refractivity contribution >= 4 is 46.5 Å². The summed E-state index contributed by atoms with van der Waals surface area (Å²) in [5, 5.41) is 5.76. The largest absolute Gasteiger partial charge is 0.496 e. The van der Waals surface area contributed by atoms with E-state index in [0.717, 1.165) is 38.6 Å². The van der Waals surface area contributed by atoms with E-state index in [1.165, 1.54) is 0 Å². The molecule has 13 heteroatoms. The van der Waals surface area contributed by atoms with Gasteiger partial charge in [0.2, 0.25) is 11.8 Å². The molecule has 1 fully saturated rings. The van der Waals surface area contributed by atoms with E-state index in [1.807, 2.05) is 37.3 Å². The van der Waals surface area contributed by atoms with Crippen LogP contribution in [0.2, 0.25) is 0 Å². The highest BCUT2D eigenvalue weighted by molar-refractivity contribution is 6.24. The fraction of sp³-hybridized carbons (Fsp3) is 0.381. The van der Waals surface area contributed by atoms with Gasteiger partial charge in [-0.2, -0.15) is 0 Å². The third kappa shape index (κ3) is 7.96. The standard InChI is InChI=1S/C42H47N5O8/c1-25-40-29(17-20-45(40)2)32(24-46(25)3)27-21-35(54-4)30(36(22-27)55-5)10-7-12-37(50)43-18-8-19-44-38(51)16-13-26-9-6-11-31-39(26)42(53)47(41(31)52)33-15-14-28(48)23-34(33)49/h6,9,11,17,20-22,24,33H,1,7-8,10,12-16,18-19,23H2,2-5H3,(H,43,50)(H,44,51). The molecule has 13 nitrogen and oxygen atoms in total. The zero-order valence-corrected chi connectivity index (χ0v) is 31.8. The van der Waals surface area contributed by atoms with Crippen LogP contribution in [0, 0.1) is 0 Å². The molecule has 3 aromatic rings. The van der Waals surface area contributed by atoms with E-state index >= 15 is 0 Å². The third-order valence-electron chi connectivity index (χ3n) is 10.5. The topological polar surface area (TPSA) is 156 Å². The minimum atomic E-state index is -0.945. The van der Waals surface area contributed by atoms with Gasteiger partial charge >= 0.3 is 0 Å². The first-order valence-electron chi connectivity index (χ1n) is 18.6. The van der Waals surface area contributed by atoms with Gasteiger partial charge in [-0.1, -0.05) is 18.7 Å². The van der Waals surface area contributed by atoms with Gasteiger partial charge in [-0.15, -0.1) is 0 Å². The van der Waals surface area contributed by atoms with E-state index in [9.17, 15) is 28.8 Å². The van der Waals surface area contributed by atoms with Gasteiger partial charge in [-0.05, 0) is 67.5 Å². The number of aromatic nitrogens is 1. The van der Waals surface area contributed by atoms with Crippen LogP contribution in [0.5, 0.6) is 11.5 Å². The van der Waals surface area contributed by atoms with Gasteiger partial charge < -0.3 is 29.6 Å². The molecule has 55 heavy (non-hydrogen) atoms. The Morgan fingerprint density at radius 2 is 1.56 bits per heavy atom. The van der Waals surface area contributed by atoms with Gasteiger partial charge in [0.25, 0.3) is 11.8 Å². The van der Waals surface area contributed by atoms with Crippen LogP contribution in [-0.4, -0.2) is 90.0 Å². The fourth-order valence-corrected chi connectivity index (χ4v) is 7.62. The van der Waals surface area contributed by atoms with Crippen LogP contribution < -0.4 is 20.1 Å². The monoisotopic (exact) mass is 749 g/mol.